The van der Waals surface area contributed by atoms with Crippen molar-refractivity contribution in [3.8, 4) is 11.4 Å². The van der Waals surface area contributed by atoms with Crippen LogP contribution in [0, 0.1) is 0 Å². The van der Waals surface area contributed by atoms with Crippen LogP contribution in [0.3, 0.4) is 0 Å². The van der Waals surface area contributed by atoms with Gasteiger partial charge in [0.25, 0.3) is 5.91 Å². The number of benzene rings is 1. The van der Waals surface area contributed by atoms with E-state index in [2.05, 4.69) is 15.3 Å². The Morgan fingerprint density at radius 2 is 1.76 bits per heavy atom. The Labute approximate surface area is 238 Å². The lowest BCUT2D eigenvalue weighted by atomic mass is 10.1. The van der Waals surface area contributed by atoms with Gasteiger partial charge in [0.2, 0.25) is 5.91 Å². The summed E-state index contributed by atoms with van der Waals surface area (Å²) in [4.78, 5) is 64.5. The summed E-state index contributed by atoms with van der Waals surface area (Å²) < 4.78 is 5.02. The summed E-state index contributed by atoms with van der Waals surface area (Å²) >= 11 is 0. The summed E-state index contributed by atoms with van der Waals surface area (Å²) in [7, 11) is 0. The molecule has 220 valence electrons. The van der Waals surface area contributed by atoms with Gasteiger partial charge < -0.3 is 35.0 Å². The maximum absolute atomic E-state index is 13.5. The fourth-order valence-corrected chi connectivity index (χ4v) is 5.04. The van der Waals surface area contributed by atoms with E-state index in [1.165, 1.54) is 15.9 Å². The van der Waals surface area contributed by atoms with E-state index in [-0.39, 0.29) is 64.0 Å². The largest absolute Gasteiger partial charge is 0.481 e. The van der Waals surface area contributed by atoms with Crippen LogP contribution in [0.2, 0.25) is 0 Å². The monoisotopic (exact) mass is 568 g/mol. The highest BCUT2D eigenvalue weighted by Crippen LogP contribution is 2.27. The number of carbonyl (C=O) groups excluding carboxylic acids is 3. The maximum Gasteiger partial charge on any atom is 0.409 e. The summed E-state index contributed by atoms with van der Waals surface area (Å²) in [6.07, 6.45) is 0.769. The van der Waals surface area contributed by atoms with Crippen molar-refractivity contribution < 1.29 is 34.1 Å². The predicted molar refractivity (Wildman–Crippen MR) is 148 cm³/mol. The molecule has 0 unspecified atom stereocenters. The van der Waals surface area contributed by atoms with Crippen molar-refractivity contribution in [3.05, 3.63) is 42.1 Å². The van der Waals surface area contributed by atoms with E-state index in [0.717, 1.165) is 12.8 Å². The number of rotatable bonds is 10. The summed E-state index contributed by atoms with van der Waals surface area (Å²) in [5, 5.41) is 21.8. The predicted octanol–water partition coefficient (Wildman–Crippen LogP) is 1.37. The number of anilines is 1. The zero-order chi connectivity index (χ0) is 29.4. The molecule has 3 heterocycles. The molecular formula is C28H36N6O7. The number of hydrogen-bond donors (Lipinski definition) is 3. The number of amides is 3. The molecule has 4 rings (SSSR count). The molecule has 0 aliphatic carbocycles. The first kappa shape index (κ1) is 29.7. The van der Waals surface area contributed by atoms with E-state index in [0.29, 0.717) is 23.8 Å². The van der Waals surface area contributed by atoms with Gasteiger partial charge in [-0.3, -0.25) is 14.4 Å². The fourth-order valence-electron chi connectivity index (χ4n) is 5.04. The summed E-state index contributed by atoms with van der Waals surface area (Å²) in [6.45, 7) is 3.55. The third-order valence-corrected chi connectivity index (χ3v) is 7.23. The van der Waals surface area contributed by atoms with Gasteiger partial charge in [0.1, 0.15) is 17.6 Å². The molecular weight excluding hydrogens is 532 g/mol. The first-order chi connectivity index (χ1) is 19.8. The minimum absolute atomic E-state index is 0.0256. The number of piperazine rings is 1. The number of ether oxygens (including phenoxy) is 1. The van der Waals surface area contributed by atoms with Crippen LogP contribution >= 0.6 is 0 Å². The highest BCUT2D eigenvalue weighted by atomic mass is 16.6. The van der Waals surface area contributed by atoms with Gasteiger partial charge in [-0.15, -0.1) is 0 Å². The van der Waals surface area contributed by atoms with E-state index in [9.17, 15) is 29.4 Å². The Morgan fingerprint density at radius 3 is 2.41 bits per heavy atom. The third-order valence-electron chi connectivity index (χ3n) is 7.23. The number of carbonyl (C=O) groups is 4. The number of nitrogens with zero attached hydrogens (tertiary/aromatic N) is 5. The summed E-state index contributed by atoms with van der Waals surface area (Å²) in [5.41, 5.74) is 0.721. The molecule has 13 nitrogen and oxygen atoms in total. The van der Waals surface area contributed by atoms with E-state index in [4.69, 9.17) is 4.74 Å². The average molecular weight is 569 g/mol. The lowest BCUT2D eigenvalue weighted by Gasteiger charge is -2.36. The van der Waals surface area contributed by atoms with Gasteiger partial charge in [0, 0.05) is 50.8 Å². The van der Waals surface area contributed by atoms with Crippen molar-refractivity contribution >= 4 is 29.7 Å². The van der Waals surface area contributed by atoms with Gasteiger partial charge in [-0.25, -0.2) is 14.8 Å². The number of hydrogen-bond acceptors (Lipinski definition) is 9. The number of aliphatic hydroxyl groups is 1. The number of nitrogens with one attached hydrogen (secondary N) is 1. The zero-order valence-corrected chi connectivity index (χ0v) is 23.1. The highest BCUT2D eigenvalue weighted by molar-refractivity contribution is 5.97. The minimum Gasteiger partial charge on any atom is -0.481 e. The molecule has 3 amide bonds. The molecule has 0 saturated carbocycles. The number of aromatic nitrogens is 2. The molecule has 2 atom stereocenters. The van der Waals surface area contributed by atoms with Crippen molar-refractivity contribution in [1.29, 1.82) is 0 Å². The van der Waals surface area contributed by atoms with Crippen LogP contribution in [0.5, 0.6) is 0 Å². The molecule has 41 heavy (non-hydrogen) atoms. The fraction of sp³-hybridized carbons (Fsp3) is 0.500. The molecule has 0 spiro atoms. The second-order valence-corrected chi connectivity index (χ2v) is 9.94. The molecule has 2 aliphatic heterocycles. The van der Waals surface area contributed by atoms with E-state index < -0.39 is 29.9 Å². The Bertz CT molecular complexity index is 1240. The normalized spacial score (nSPS) is 17.7. The first-order valence-corrected chi connectivity index (χ1v) is 13.9. The Morgan fingerprint density at radius 1 is 1.05 bits per heavy atom. The molecule has 0 radical (unpaired) electrons. The Kier molecular flexibility index (Phi) is 10.1. The van der Waals surface area contributed by atoms with Gasteiger partial charge in [-0.05, 0) is 26.2 Å². The standard InChI is InChI=1S/C28H36N6O7/c1-2-41-28(40)33-15-13-32(14-16-33)27(39)21(10-11-24(36)37)30-26(38)22-17-23(34-12-6-9-20(34)18-35)31-25(29-22)19-7-4-3-5-8-19/h3-5,7-8,17,20-21,35H,2,6,9-16,18H2,1H3,(H,30,38)(H,36,37)/t20-,21+/m1/s1. The van der Waals surface area contributed by atoms with Crippen LogP contribution in [-0.4, -0.2) is 112 Å². The van der Waals surface area contributed by atoms with Crippen molar-refractivity contribution in [2.45, 2.75) is 44.7 Å². The molecule has 0 bridgehead atoms. The number of aliphatic hydroxyl groups excluding tert-OH is 1. The highest BCUT2D eigenvalue weighted by Gasteiger charge is 2.32. The molecule has 2 fully saturated rings. The van der Waals surface area contributed by atoms with Crippen LogP contribution in [0.1, 0.15) is 43.1 Å². The van der Waals surface area contributed by atoms with Crippen molar-refractivity contribution in [2.24, 2.45) is 0 Å². The van der Waals surface area contributed by atoms with E-state index >= 15 is 0 Å². The van der Waals surface area contributed by atoms with Gasteiger partial charge in [0.15, 0.2) is 5.82 Å². The molecule has 2 saturated heterocycles. The van der Waals surface area contributed by atoms with Crippen LogP contribution in [0.4, 0.5) is 10.6 Å². The minimum atomic E-state index is -1.11. The lowest BCUT2D eigenvalue weighted by molar-refractivity contribution is -0.138. The summed E-state index contributed by atoms with van der Waals surface area (Å²) in [6, 6.07) is 9.46. The Hall–Kier alpha value is -4.26. The first-order valence-electron chi connectivity index (χ1n) is 13.9. The number of aliphatic carboxylic acids is 1. The molecule has 3 N–H and O–H groups in total. The van der Waals surface area contributed by atoms with Crippen LogP contribution < -0.4 is 10.2 Å². The number of carboxylic acids is 1. The zero-order valence-electron chi connectivity index (χ0n) is 23.1. The molecule has 2 aliphatic rings. The third kappa shape index (κ3) is 7.48. The van der Waals surface area contributed by atoms with Crippen LogP contribution in [0.15, 0.2) is 36.4 Å². The Balaban J connectivity index is 1.56. The summed E-state index contributed by atoms with van der Waals surface area (Å²) in [5.74, 6) is -1.35. The molecule has 2 aromatic rings. The van der Waals surface area contributed by atoms with E-state index in [1.54, 1.807) is 6.92 Å². The van der Waals surface area contributed by atoms with Gasteiger partial charge >= 0.3 is 12.1 Å². The van der Waals surface area contributed by atoms with Gasteiger partial charge in [-0.2, -0.15) is 0 Å². The van der Waals surface area contributed by atoms with Gasteiger partial charge in [0.05, 0.1) is 19.3 Å². The second kappa shape index (κ2) is 13.9. The average Bonchev–Trinajstić information content (AvgIpc) is 3.48. The molecule has 1 aromatic heterocycles. The quantitative estimate of drug-likeness (QED) is 0.381. The topological polar surface area (TPSA) is 166 Å². The number of carboxylic acid groups (broad SMARTS) is 1. The molecule has 1 aromatic carbocycles. The van der Waals surface area contributed by atoms with Crippen LogP contribution in [-0.2, 0) is 14.3 Å². The smallest absolute Gasteiger partial charge is 0.409 e. The second-order valence-electron chi connectivity index (χ2n) is 9.94. The van der Waals surface area contributed by atoms with Gasteiger partial charge in [-0.1, -0.05) is 30.3 Å². The lowest BCUT2D eigenvalue weighted by Crippen LogP contribution is -2.56. The molecule has 13 heteroatoms. The van der Waals surface area contributed by atoms with E-state index in [1.807, 2.05) is 35.2 Å². The van der Waals surface area contributed by atoms with Crippen molar-refractivity contribution in [3.63, 3.8) is 0 Å². The maximum atomic E-state index is 13.5. The SMILES string of the molecule is CCOC(=O)N1CCN(C(=O)[C@H](CCC(=O)O)NC(=O)c2cc(N3CCC[C@@H]3CO)nc(-c3ccccc3)n2)CC1. The van der Waals surface area contributed by atoms with Crippen LogP contribution in [0.25, 0.3) is 11.4 Å². The van der Waals surface area contributed by atoms with Crippen molar-refractivity contribution in [2.75, 3.05) is 50.8 Å². The van der Waals surface area contributed by atoms with Crippen molar-refractivity contribution in [1.82, 2.24) is 25.1 Å².